The molecule has 1 saturated heterocycles. The lowest BCUT2D eigenvalue weighted by molar-refractivity contribution is -0.137. The van der Waals surface area contributed by atoms with E-state index in [1.54, 1.807) is 30.3 Å². The average Bonchev–Trinajstić information content (AvgIpc) is 3.32. The van der Waals surface area contributed by atoms with Gasteiger partial charge in [-0.15, -0.1) is 0 Å². The first-order valence-corrected chi connectivity index (χ1v) is 7.80. The summed E-state index contributed by atoms with van der Waals surface area (Å²) in [5.41, 5.74) is 0.677. The number of aromatic carboxylic acids is 1. The van der Waals surface area contributed by atoms with Crippen molar-refractivity contribution in [1.82, 2.24) is 0 Å². The molecule has 0 spiro atoms. The van der Waals surface area contributed by atoms with Crippen LogP contribution in [0.4, 0.5) is 0 Å². The monoisotopic (exact) mass is 324 g/mol. The van der Waals surface area contributed by atoms with Gasteiger partial charge in [0.05, 0.1) is 18.8 Å². The zero-order valence-corrected chi connectivity index (χ0v) is 14.2. The highest BCUT2D eigenvalue weighted by atomic mass is 16.6. The lowest BCUT2D eigenvalue weighted by Crippen LogP contribution is -2.04. The highest BCUT2D eigenvalue weighted by molar-refractivity contribution is 5.87. The lowest BCUT2D eigenvalue weighted by Gasteiger charge is -2.16. The molecule has 1 aromatic rings. The van der Waals surface area contributed by atoms with E-state index in [-0.39, 0.29) is 0 Å². The number of epoxide rings is 1. The minimum atomic E-state index is -0.879. The molecular formula is C18H28O5. The SMILES string of the molecule is C1CO1.CC(C)(C)CCCCC(=O)O.O=C(O)c1ccccc1. The molecule has 1 aromatic carbocycles. The number of unbranched alkanes of at least 4 members (excludes halogenated alkanes) is 1. The molecule has 2 N–H and O–H groups in total. The fourth-order valence-electron chi connectivity index (χ4n) is 1.51. The van der Waals surface area contributed by atoms with E-state index in [9.17, 15) is 9.59 Å². The number of carboxylic acids is 2. The van der Waals surface area contributed by atoms with Crippen LogP contribution in [0, 0.1) is 5.41 Å². The van der Waals surface area contributed by atoms with Crippen LogP contribution < -0.4 is 0 Å². The van der Waals surface area contributed by atoms with Crippen LogP contribution in [0.3, 0.4) is 0 Å². The zero-order chi connectivity index (χ0) is 17.7. The van der Waals surface area contributed by atoms with Gasteiger partial charge in [0.25, 0.3) is 0 Å². The number of benzene rings is 1. The highest BCUT2D eigenvalue weighted by Crippen LogP contribution is 2.21. The quantitative estimate of drug-likeness (QED) is 0.629. The summed E-state index contributed by atoms with van der Waals surface area (Å²) in [5.74, 6) is -1.56. The topological polar surface area (TPSA) is 87.1 Å². The molecule has 0 amide bonds. The number of rotatable bonds is 5. The van der Waals surface area contributed by atoms with Gasteiger partial charge < -0.3 is 14.9 Å². The van der Waals surface area contributed by atoms with Crippen molar-refractivity contribution >= 4 is 11.9 Å². The summed E-state index contributed by atoms with van der Waals surface area (Å²) in [6, 6.07) is 8.30. The normalized spacial score (nSPS) is 12.1. The van der Waals surface area contributed by atoms with Gasteiger partial charge in [0.15, 0.2) is 0 Å². The molecule has 0 atom stereocenters. The molecule has 1 aliphatic rings. The van der Waals surface area contributed by atoms with Crippen molar-refractivity contribution in [1.29, 1.82) is 0 Å². The summed E-state index contributed by atoms with van der Waals surface area (Å²) < 4.78 is 4.50. The summed E-state index contributed by atoms with van der Waals surface area (Å²) >= 11 is 0. The second-order valence-corrected chi connectivity index (χ2v) is 6.45. The number of hydrogen-bond donors (Lipinski definition) is 2. The Hall–Kier alpha value is -1.88. The molecule has 2 rings (SSSR count). The Kier molecular flexibility index (Phi) is 10.7. The average molecular weight is 324 g/mol. The number of ether oxygens (including phenoxy) is 1. The van der Waals surface area contributed by atoms with Gasteiger partial charge in [-0.05, 0) is 30.4 Å². The third-order valence-electron chi connectivity index (χ3n) is 2.79. The number of carboxylic acid groups (broad SMARTS) is 2. The Morgan fingerprint density at radius 3 is 1.87 bits per heavy atom. The van der Waals surface area contributed by atoms with Crippen LogP contribution in [0.2, 0.25) is 0 Å². The van der Waals surface area contributed by atoms with Crippen LogP contribution in [-0.4, -0.2) is 35.4 Å². The van der Waals surface area contributed by atoms with Crippen LogP contribution in [0.5, 0.6) is 0 Å². The van der Waals surface area contributed by atoms with Gasteiger partial charge in [-0.2, -0.15) is 0 Å². The van der Waals surface area contributed by atoms with Crippen molar-refractivity contribution in [2.75, 3.05) is 13.2 Å². The molecule has 0 unspecified atom stereocenters. The zero-order valence-electron chi connectivity index (χ0n) is 14.2. The van der Waals surface area contributed by atoms with E-state index in [1.165, 1.54) is 0 Å². The highest BCUT2D eigenvalue weighted by Gasteiger charge is 2.09. The molecule has 1 aliphatic heterocycles. The largest absolute Gasteiger partial charge is 0.481 e. The standard InChI is InChI=1S/C9H18O2.C7H6O2.C2H4O/c1-9(2,3)7-5-4-6-8(10)11;8-7(9)6-4-2-1-3-5-6;1-2-3-1/h4-7H2,1-3H3,(H,10,11);1-5H,(H,8,9);1-2H2. The number of carbonyl (C=O) groups is 2. The van der Waals surface area contributed by atoms with Gasteiger partial charge in [-0.3, -0.25) is 4.79 Å². The second-order valence-electron chi connectivity index (χ2n) is 6.45. The predicted octanol–water partition coefficient (Wildman–Crippen LogP) is 4.08. The molecule has 1 fully saturated rings. The Bertz CT molecular complexity index is 443. The summed E-state index contributed by atoms with van der Waals surface area (Å²) in [4.78, 5) is 20.3. The minimum absolute atomic E-state index is 0.316. The maximum absolute atomic E-state index is 10.2. The van der Waals surface area contributed by atoms with Crippen LogP contribution >= 0.6 is 0 Å². The Balaban J connectivity index is 0.000000358. The Morgan fingerprint density at radius 2 is 1.57 bits per heavy atom. The first-order valence-electron chi connectivity index (χ1n) is 7.80. The lowest BCUT2D eigenvalue weighted by atomic mass is 9.89. The molecule has 0 saturated carbocycles. The van der Waals surface area contributed by atoms with Crippen LogP contribution in [0.25, 0.3) is 0 Å². The maximum atomic E-state index is 10.2. The Labute approximate surface area is 138 Å². The van der Waals surface area contributed by atoms with E-state index >= 15 is 0 Å². The smallest absolute Gasteiger partial charge is 0.335 e. The summed E-state index contributed by atoms with van der Waals surface area (Å²) in [6.07, 6.45) is 3.26. The van der Waals surface area contributed by atoms with E-state index in [2.05, 4.69) is 25.5 Å². The summed E-state index contributed by atoms with van der Waals surface area (Å²) in [5, 5.41) is 16.7. The van der Waals surface area contributed by atoms with E-state index in [0.717, 1.165) is 32.5 Å². The second kappa shape index (κ2) is 11.7. The van der Waals surface area contributed by atoms with E-state index in [4.69, 9.17) is 10.2 Å². The minimum Gasteiger partial charge on any atom is -0.481 e. The molecule has 5 nitrogen and oxygen atoms in total. The van der Waals surface area contributed by atoms with Crippen molar-refractivity contribution in [2.45, 2.75) is 46.5 Å². The van der Waals surface area contributed by atoms with Crippen molar-refractivity contribution in [3.05, 3.63) is 35.9 Å². The van der Waals surface area contributed by atoms with Gasteiger partial charge in [-0.1, -0.05) is 45.4 Å². The van der Waals surface area contributed by atoms with Crippen molar-refractivity contribution < 1.29 is 24.5 Å². The molecule has 1 heterocycles. The van der Waals surface area contributed by atoms with Crippen molar-refractivity contribution in [3.8, 4) is 0 Å². The van der Waals surface area contributed by atoms with E-state index < -0.39 is 11.9 Å². The third kappa shape index (κ3) is 18.1. The molecule has 5 heteroatoms. The molecule has 0 radical (unpaired) electrons. The summed E-state index contributed by atoms with van der Waals surface area (Å²) in [6.45, 7) is 8.52. The van der Waals surface area contributed by atoms with Crippen LogP contribution in [0.15, 0.2) is 30.3 Å². The van der Waals surface area contributed by atoms with Gasteiger partial charge in [0, 0.05) is 6.42 Å². The van der Waals surface area contributed by atoms with Gasteiger partial charge in [0.1, 0.15) is 0 Å². The molecule has 0 bridgehead atoms. The van der Waals surface area contributed by atoms with Crippen LogP contribution in [-0.2, 0) is 9.53 Å². The maximum Gasteiger partial charge on any atom is 0.335 e. The van der Waals surface area contributed by atoms with Crippen molar-refractivity contribution in [2.24, 2.45) is 5.41 Å². The van der Waals surface area contributed by atoms with Crippen LogP contribution in [0.1, 0.15) is 56.8 Å². The molecule has 0 aromatic heterocycles. The predicted molar refractivity (Wildman–Crippen MR) is 89.8 cm³/mol. The molecule has 130 valence electrons. The molecular weight excluding hydrogens is 296 g/mol. The van der Waals surface area contributed by atoms with Crippen molar-refractivity contribution in [3.63, 3.8) is 0 Å². The first kappa shape index (κ1) is 21.1. The van der Waals surface area contributed by atoms with Gasteiger partial charge >= 0.3 is 11.9 Å². The third-order valence-corrected chi connectivity index (χ3v) is 2.79. The van der Waals surface area contributed by atoms with Gasteiger partial charge in [-0.25, -0.2) is 4.79 Å². The fraction of sp³-hybridized carbons (Fsp3) is 0.556. The van der Waals surface area contributed by atoms with E-state index in [1.807, 2.05) is 0 Å². The fourth-order valence-corrected chi connectivity index (χ4v) is 1.51. The molecule has 23 heavy (non-hydrogen) atoms. The summed E-state index contributed by atoms with van der Waals surface area (Å²) in [7, 11) is 0. The van der Waals surface area contributed by atoms with E-state index in [0.29, 0.717) is 17.4 Å². The first-order chi connectivity index (χ1) is 10.7. The van der Waals surface area contributed by atoms with Gasteiger partial charge in [0.2, 0.25) is 0 Å². The molecule has 0 aliphatic carbocycles. The number of aliphatic carboxylic acids is 1. The number of hydrogen-bond acceptors (Lipinski definition) is 3. The Morgan fingerprint density at radius 1 is 1.04 bits per heavy atom.